The highest BCUT2D eigenvalue weighted by atomic mass is 32.1. The van der Waals surface area contributed by atoms with Gasteiger partial charge in [-0.1, -0.05) is 42.0 Å². The van der Waals surface area contributed by atoms with Crippen molar-refractivity contribution in [1.29, 1.82) is 0 Å². The third-order valence-corrected chi connectivity index (χ3v) is 5.00. The number of hydrogen-bond donors (Lipinski definition) is 1. The number of aromatic nitrogens is 1. The highest BCUT2D eigenvalue weighted by Crippen LogP contribution is 2.31. The lowest BCUT2D eigenvalue weighted by Crippen LogP contribution is -2.40. The SMILES string of the molecule is Cc1ccc(Cc2cnc(NC(=O)[C@H]3COc4ccccc4O3)s2)cc1. The van der Waals surface area contributed by atoms with Gasteiger partial charge in [0.2, 0.25) is 6.10 Å². The van der Waals surface area contributed by atoms with Gasteiger partial charge in [-0.05, 0) is 24.6 Å². The van der Waals surface area contributed by atoms with E-state index in [0.717, 1.165) is 11.3 Å². The Hall–Kier alpha value is -2.86. The average Bonchev–Trinajstić information content (AvgIpc) is 3.10. The number of nitrogens with zero attached hydrogens (tertiary/aromatic N) is 1. The molecule has 0 aliphatic carbocycles. The van der Waals surface area contributed by atoms with Crippen LogP contribution in [0.15, 0.2) is 54.7 Å². The van der Waals surface area contributed by atoms with Crippen LogP contribution in [0.4, 0.5) is 5.13 Å². The van der Waals surface area contributed by atoms with E-state index < -0.39 is 6.10 Å². The van der Waals surface area contributed by atoms with Crippen LogP contribution < -0.4 is 14.8 Å². The maximum Gasteiger partial charge on any atom is 0.270 e. The lowest BCUT2D eigenvalue weighted by atomic mass is 10.1. The summed E-state index contributed by atoms with van der Waals surface area (Å²) in [5.41, 5.74) is 2.46. The van der Waals surface area contributed by atoms with Gasteiger partial charge in [0.05, 0.1) is 0 Å². The Balaban J connectivity index is 1.38. The largest absolute Gasteiger partial charge is 0.485 e. The average molecular weight is 366 g/mol. The lowest BCUT2D eigenvalue weighted by molar-refractivity contribution is -0.125. The minimum absolute atomic E-state index is 0.185. The van der Waals surface area contributed by atoms with Crippen molar-refractivity contribution < 1.29 is 14.3 Å². The van der Waals surface area contributed by atoms with Crippen LogP contribution in [0.2, 0.25) is 0 Å². The fourth-order valence-corrected chi connectivity index (χ4v) is 3.54. The molecule has 1 amide bonds. The molecule has 0 fully saturated rings. The van der Waals surface area contributed by atoms with Crippen molar-refractivity contribution >= 4 is 22.4 Å². The summed E-state index contributed by atoms with van der Waals surface area (Å²) in [6, 6.07) is 15.7. The fraction of sp³-hybridized carbons (Fsp3) is 0.200. The molecule has 1 aromatic heterocycles. The van der Waals surface area contributed by atoms with Crippen LogP contribution in [-0.2, 0) is 11.2 Å². The lowest BCUT2D eigenvalue weighted by Gasteiger charge is -2.25. The normalized spacial score (nSPS) is 15.5. The number of carbonyl (C=O) groups excluding carboxylic acids is 1. The molecule has 3 aromatic rings. The topological polar surface area (TPSA) is 60.5 Å². The van der Waals surface area contributed by atoms with Gasteiger partial charge in [-0.25, -0.2) is 4.98 Å². The standard InChI is InChI=1S/C20H18N2O3S/c1-13-6-8-14(9-7-13)10-15-11-21-20(26-15)22-19(23)18-12-24-16-4-2-3-5-17(16)25-18/h2-9,11,18H,10,12H2,1H3,(H,21,22,23)/t18-/m1/s1. The summed E-state index contributed by atoms with van der Waals surface area (Å²) in [7, 11) is 0. The zero-order valence-corrected chi connectivity index (χ0v) is 15.1. The first-order valence-corrected chi connectivity index (χ1v) is 9.18. The second-order valence-electron chi connectivity index (χ2n) is 6.15. The van der Waals surface area contributed by atoms with Crippen LogP contribution in [0.25, 0.3) is 0 Å². The molecule has 1 atom stereocenters. The number of rotatable bonds is 4. The summed E-state index contributed by atoms with van der Waals surface area (Å²) in [6.07, 6.45) is 1.91. The number of carbonyl (C=O) groups is 1. The van der Waals surface area contributed by atoms with Crippen LogP contribution in [0, 0.1) is 6.92 Å². The number of amides is 1. The van der Waals surface area contributed by atoms with Crippen molar-refractivity contribution in [3.8, 4) is 11.5 Å². The van der Waals surface area contributed by atoms with Gasteiger partial charge in [-0.3, -0.25) is 10.1 Å². The predicted molar refractivity (Wildman–Crippen MR) is 101 cm³/mol. The number of hydrogen-bond acceptors (Lipinski definition) is 5. The maximum atomic E-state index is 12.4. The summed E-state index contributed by atoms with van der Waals surface area (Å²) in [5.74, 6) is 0.986. The quantitative estimate of drug-likeness (QED) is 0.763. The molecule has 2 heterocycles. The molecule has 26 heavy (non-hydrogen) atoms. The summed E-state index contributed by atoms with van der Waals surface area (Å²) >= 11 is 1.47. The first-order chi connectivity index (χ1) is 12.7. The minimum Gasteiger partial charge on any atom is -0.485 e. The van der Waals surface area contributed by atoms with E-state index in [4.69, 9.17) is 9.47 Å². The third kappa shape index (κ3) is 3.70. The Morgan fingerprint density at radius 1 is 1.19 bits per heavy atom. The molecule has 0 saturated heterocycles. The summed E-state index contributed by atoms with van der Waals surface area (Å²) in [5, 5.41) is 3.39. The summed E-state index contributed by atoms with van der Waals surface area (Å²) in [6.45, 7) is 2.25. The molecule has 132 valence electrons. The number of anilines is 1. The van der Waals surface area contributed by atoms with Gasteiger partial charge in [0.1, 0.15) is 6.61 Å². The van der Waals surface area contributed by atoms with Crippen molar-refractivity contribution in [2.24, 2.45) is 0 Å². The van der Waals surface area contributed by atoms with E-state index in [9.17, 15) is 4.79 Å². The smallest absolute Gasteiger partial charge is 0.270 e. The number of aryl methyl sites for hydroxylation is 1. The van der Waals surface area contributed by atoms with Crippen LogP contribution >= 0.6 is 11.3 Å². The summed E-state index contributed by atoms with van der Waals surface area (Å²) in [4.78, 5) is 17.8. The molecular formula is C20H18N2O3S. The Morgan fingerprint density at radius 3 is 2.77 bits per heavy atom. The molecule has 1 N–H and O–H groups in total. The zero-order valence-electron chi connectivity index (χ0n) is 14.3. The number of benzene rings is 2. The van der Waals surface area contributed by atoms with Crippen LogP contribution in [0.5, 0.6) is 11.5 Å². The number of thiazole rings is 1. The van der Waals surface area contributed by atoms with E-state index in [-0.39, 0.29) is 12.5 Å². The highest BCUT2D eigenvalue weighted by molar-refractivity contribution is 7.15. The third-order valence-electron chi connectivity index (χ3n) is 4.08. The Labute approximate surface area is 155 Å². The molecule has 0 radical (unpaired) electrons. The van der Waals surface area contributed by atoms with Gasteiger partial charge < -0.3 is 9.47 Å². The van der Waals surface area contributed by atoms with Gasteiger partial charge in [-0.15, -0.1) is 11.3 Å². The molecule has 0 saturated carbocycles. The number of nitrogens with one attached hydrogen (secondary N) is 1. The molecule has 0 bridgehead atoms. The first-order valence-electron chi connectivity index (χ1n) is 8.37. The minimum atomic E-state index is -0.686. The van der Waals surface area contributed by atoms with E-state index in [1.54, 1.807) is 12.3 Å². The van der Waals surface area contributed by atoms with E-state index in [1.807, 2.05) is 18.2 Å². The van der Waals surface area contributed by atoms with E-state index in [1.165, 1.54) is 22.5 Å². The molecule has 1 aliphatic rings. The first kappa shape index (κ1) is 16.6. The van der Waals surface area contributed by atoms with Crippen molar-refractivity contribution in [1.82, 2.24) is 4.98 Å². The molecule has 0 unspecified atom stereocenters. The van der Waals surface area contributed by atoms with Crippen LogP contribution in [-0.4, -0.2) is 23.6 Å². The van der Waals surface area contributed by atoms with Crippen LogP contribution in [0.1, 0.15) is 16.0 Å². The monoisotopic (exact) mass is 366 g/mol. The maximum absolute atomic E-state index is 12.4. The van der Waals surface area contributed by atoms with Crippen molar-refractivity contribution in [3.05, 3.63) is 70.7 Å². The van der Waals surface area contributed by atoms with Crippen molar-refractivity contribution in [2.75, 3.05) is 11.9 Å². The van der Waals surface area contributed by atoms with E-state index >= 15 is 0 Å². The van der Waals surface area contributed by atoms with E-state index in [2.05, 4.69) is 41.5 Å². The van der Waals surface area contributed by atoms with Gasteiger partial charge in [0.25, 0.3) is 5.91 Å². The Kier molecular flexibility index (Phi) is 4.58. The number of ether oxygens (including phenoxy) is 2. The van der Waals surface area contributed by atoms with Crippen LogP contribution in [0.3, 0.4) is 0 Å². The molecular weight excluding hydrogens is 348 g/mol. The Bertz CT molecular complexity index is 921. The predicted octanol–water partition coefficient (Wildman–Crippen LogP) is 3.82. The summed E-state index contributed by atoms with van der Waals surface area (Å²) < 4.78 is 11.3. The van der Waals surface area contributed by atoms with Crippen molar-refractivity contribution in [3.63, 3.8) is 0 Å². The number of para-hydroxylation sites is 2. The molecule has 0 spiro atoms. The van der Waals surface area contributed by atoms with E-state index in [0.29, 0.717) is 16.6 Å². The highest BCUT2D eigenvalue weighted by Gasteiger charge is 2.27. The molecule has 5 nitrogen and oxygen atoms in total. The molecule has 4 rings (SSSR count). The number of fused-ring (bicyclic) bond motifs is 1. The van der Waals surface area contributed by atoms with Crippen molar-refractivity contribution in [2.45, 2.75) is 19.4 Å². The molecule has 2 aromatic carbocycles. The molecule has 1 aliphatic heterocycles. The van der Waals surface area contributed by atoms with Gasteiger partial charge in [-0.2, -0.15) is 0 Å². The zero-order chi connectivity index (χ0) is 17.9. The Morgan fingerprint density at radius 2 is 1.96 bits per heavy atom. The van der Waals surface area contributed by atoms with Gasteiger partial charge in [0, 0.05) is 17.5 Å². The fourth-order valence-electron chi connectivity index (χ4n) is 2.69. The van der Waals surface area contributed by atoms with Gasteiger partial charge in [0.15, 0.2) is 16.6 Å². The second-order valence-corrected chi connectivity index (χ2v) is 7.26. The second kappa shape index (κ2) is 7.17. The molecule has 6 heteroatoms. The van der Waals surface area contributed by atoms with Gasteiger partial charge >= 0.3 is 0 Å².